The number of hydrogen-bond donors (Lipinski definition) is 0. The van der Waals surface area contributed by atoms with E-state index < -0.39 is 0 Å². The van der Waals surface area contributed by atoms with Crippen LogP contribution in [0.5, 0.6) is 11.5 Å². The Labute approximate surface area is 206 Å². The SMILES string of the molecule is COc1ccc([C@H]2C3=C(N=c4s/c(=C\c5cccc(OC)c5)c(=O)n42)c2ccccc2CC3)cc1. The lowest BCUT2D eigenvalue weighted by atomic mass is 9.83. The zero-order chi connectivity index (χ0) is 23.9. The van der Waals surface area contributed by atoms with Gasteiger partial charge < -0.3 is 9.47 Å². The standard InChI is InChI=1S/C29H24N2O3S/c1-33-21-13-10-20(11-14-21)27-24-15-12-19-7-3-4-9-23(19)26(24)30-29-31(27)28(32)25(35-29)17-18-6-5-8-22(16-18)34-2/h3-11,13-14,16-17,27H,12,15H2,1-2H3/b25-17-/t27-/m0/s1. The first kappa shape index (κ1) is 21.6. The number of hydrogen-bond acceptors (Lipinski definition) is 5. The molecule has 6 heteroatoms. The van der Waals surface area contributed by atoms with E-state index in [9.17, 15) is 4.79 Å². The van der Waals surface area contributed by atoms with Gasteiger partial charge in [-0.1, -0.05) is 59.9 Å². The number of allylic oxidation sites excluding steroid dienone is 1. The van der Waals surface area contributed by atoms with Crippen molar-refractivity contribution in [2.45, 2.75) is 18.9 Å². The fourth-order valence-electron chi connectivity index (χ4n) is 4.99. The maximum absolute atomic E-state index is 13.8. The quantitative estimate of drug-likeness (QED) is 0.437. The Morgan fingerprint density at radius 3 is 2.54 bits per heavy atom. The van der Waals surface area contributed by atoms with Gasteiger partial charge in [-0.15, -0.1) is 0 Å². The van der Waals surface area contributed by atoms with Crippen LogP contribution in [0.25, 0.3) is 11.8 Å². The van der Waals surface area contributed by atoms with Crippen molar-refractivity contribution in [3.05, 3.63) is 120 Å². The third-order valence-electron chi connectivity index (χ3n) is 6.70. The van der Waals surface area contributed by atoms with Crippen LogP contribution in [0.2, 0.25) is 0 Å². The average molecular weight is 481 g/mol. The number of ether oxygens (including phenoxy) is 2. The van der Waals surface area contributed by atoms with Gasteiger partial charge >= 0.3 is 0 Å². The van der Waals surface area contributed by atoms with Crippen molar-refractivity contribution in [1.82, 2.24) is 4.57 Å². The van der Waals surface area contributed by atoms with E-state index in [1.807, 2.05) is 47.0 Å². The minimum absolute atomic E-state index is 0.0252. The van der Waals surface area contributed by atoms with Gasteiger partial charge in [-0.05, 0) is 65.4 Å². The Hall–Kier alpha value is -3.90. The zero-order valence-corrected chi connectivity index (χ0v) is 20.3. The summed E-state index contributed by atoms with van der Waals surface area (Å²) in [4.78, 5) is 19.6. The highest BCUT2D eigenvalue weighted by Gasteiger charge is 2.32. The fourth-order valence-corrected chi connectivity index (χ4v) is 5.99. The van der Waals surface area contributed by atoms with Crippen molar-refractivity contribution in [2.75, 3.05) is 14.2 Å². The number of benzene rings is 3. The van der Waals surface area contributed by atoms with Crippen LogP contribution in [-0.4, -0.2) is 18.8 Å². The van der Waals surface area contributed by atoms with Gasteiger partial charge in [-0.25, -0.2) is 4.99 Å². The molecule has 174 valence electrons. The van der Waals surface area contributed by atoms with Crippen LogP contribution < -0.4 is 24.4 Å². The highest BCUT2D eigenvalue weighted by molar-refractivity contribution is 7.07. The topological polar surface area (TPSA) is 52.8 Å². The molecule has 2 heterocycles. The monoisotopic (exact) mass is 480 g/mol. The number of rotatable bonds is 4. The summed E-state index contributed by atoms with van der Waals surface area (Å²) in [5, 5.41) is 0. The zero-order valence-electron chi connectivity index (χ0n) is 19.5. The molecule has 0 saturated heterocycles. The molecule has 2 aliphatic rings. The number of thiazole rings is 1. The summed E-state index contributed by atoms with van der Waals surface area (Å²) in [6, 6.07) is 24.0. The molecule has 0 N–H and O–H groups in total. The van der Waals surface area contributed by atoms with Crippen molar-refractivity contribution >= 4 is 23.1 Å². The third-order valence-corrected chi connectivity index (χ3v) is 7.68. The van der Waals surface area contributed by atoms with Gasteiger partial charge in [-0.3, -0.25) is 9.36 Å². The number of fused-ring (bicyclic) bond motifs is 3. The molecule has 0 saturated carbocycles. The Kier molecular flexibility index (Phi) is 5.38. The van der Waals surface area contributed by atoms with E-state index in [1.165, 1.54) is 22.5 Å². The molecule has 3 aromatic carbocycles. The largest absolute Gasteiger partial charge is 0.497 e. The summed E-state index contributed by atoms with van der Waals surface area (Å²) in [7, 11) is 3.31. The summed E-state index contributed by atoms with van der Waals surface area (Å²) in [6.07, 6.45) is 3.73. The lowest BCUT2D eigenvalue weighted by molar-refractivity contribution is 0.414. The predicted molar refractivity (Wildman–Crippen MR) is 139 cm³/mol. The van der Waals surface area contributed by atoms with E-state index in [1.54, 1.807) is 14.2 Å². The van der Waals surface area contributed by atoms with Crippen molar-refractivity contribution in [3.8, 4) is 11.5 Å². The second-order valence-electron chi connectivity index (χ2n) is 8.66. The van der Waals surface area contributed by atoms with E-state index >= 15 is 0 Å². The van der Waals surface area contributed by atoms with E-state index in [2.05, 4.69) is 36.4 Å². The summed E-state index contributed by atoms with van der Waals surface area (Å²) in [5.74, 6) is 1.55. The van der Waals surface area contributed by atoms with Gasteiger partial charge in [0, 0.05) is 5.56 Å². The van der Waals surface area contributed by atoms with E-state index in [4.69, 9.17) is 14.5 Å². The first-order chi connectivity index (χ1) is 17.2. The third kappa shape index (κ3) is 3.70. The van der Waals surface area contributed by atoms with Crippen molar-refractivity contribution in [3.63, 3.8) is 0 Å². The molecule has 1 aliphatic heterocycles. The summed E-state index contributed by atoms with van der Waals surface area (Å²) in [6.45, 7) is 0. The fraction of sp³-hybridized carbons (Fsp3) is 0.172. The second kappa shape index (κ2) is 8.71. The lowest BCUT2D eigenvalue weighted by Gasteiger charge is -2.30. The van der Waals surface area contributed by atoms with Gasteiger partial charge in [0.15, 0.2) is 4.80 Å². The number of aryl methyl sites for hydroxylation is 1. The van der Waals surface area contributed by atoms with Crippen LogP contribution in [0.1, 0.15) is 34.7 Å². The molecule has 1 atom stereocenters. The maximum atomic E-state index is 13.8. The molecule has 1 aliphatic carbocycles. The molecule has 1 aromatic heterocycles. The Bertz CT molecular complexity index is 1640. The van der Waals surface area contributed by atoms with E-state index in [0.29, 0.717) is 4.53 Å². The lowest BCUT2D eigenvalue weighted by Crippen LogP contribution is -2.38. The molecular formula is C29H24N2O3S. The normalized spacial score (nSPS) is 16.7. The average Bonchev–Trinajstić information content (AvgIpc) is 3.21. The molecule has 0 radical (unpaired) electrons. The van der Waals surface area contributed by atoms with Crippen molar-refractivity contribution < 1.29 is 9.47 Å². The van der Waals surface area contributed by atoms with Gasteiger partial charge in [0.1, 0.15) is 11.5 Å². The highest BCUT2D eigenvalue weighted by atomic mass is 32.1. The number of aromatic nitrogens is 1. The minimum Gasteiger partial charge on any atom is -0.497 e. The molecular weight excluding hydrogens is 456 g/mol. The van der Waals surface area contributed by atoms with Gasteiger partial charge in [0.2, 0.25) is 0 Å². The first-order valence-corrected chi connectivity index (χ1v) is 12.4. The summed E-state index contributed by atoms with van der Waals surface area (Å²) < 4.78 is 13.3. The van der Waals surface area contributed by atoms with Crippen molar-refractivity contribution in [2.24, 2.45) is 4.99 Å². The van der Waals surface area contributed by atoms with Gasteiger partial charge in [-0.2, -0.15) is 0 Å². The van der Waals surface area contributed by atoms with Crippen LogP contribution in [0.4, 0.5) is 0 Å². The van der Waals surface area contributed by atoms with Crippen LogP contribution in [0.15, 0.2) is 88.2 Å². The molecule has 35 heavy (non-hydrogen) atoms. The summed E-state index contributed by atoms with van der Waals surface area (Å²) >= 11 is 1.44. The summed E-state index contributed by atoms with van der Waals surface area (Å²) in [5.41, 5.74) is 6.61. The second-order valence-corrected chi connectivity index (χ2v) is 9.67. The number of methoxy groups -OCH3 is 2. The van der Waals surface area contributed by atoms with Crippen LogP contribution in [0.3, 0.4) is 0 Å². The van der Waals surface area contributed by atoms with Crippen LogP contribution >= 0.6 is 11.3 Å². The highest BCUT2D eigenvalue weighted by Crippen LogP contribution is 2.41. The number of nitrogens with zero attached hydrogens (tertiary/aromatic N) is 2. The van der Waals surface area contributed by atoms with Crippen molar-refractivity contribution in [1.29, 1.82) is 0 Å². The predicted octanol–water partition coefficient (Wildman–Crippen LogP) is 4.34. The molecule has 4 aromatic rings. The molecule has 0 amide bonds. The van der Waals surface area contributed by atoms with Gasteiger partial charge in [0.05, 0.1) is 30.5 Å². The Morgan fingerprint density at radius 1 is 0.943 bits per heavy atom. The molecule has 0 spiro atoms. The van der Waals surface area contributed by atoms with E-state index in [-0.39, 0.29) is 11.6 Å². The maximum Gasteiger partial charge on any atom is 0.271 e. The smallest absolute Gasteiger partial charge is 0.271 e. The Balaban J connectivity index is 1.59. The Morgan fingerprint density at radius 2 is 1.74 bits per heavy atom. The molecule has 0 bridgehead atoms. The molecule has 6 rings (SSSR count). The van der Waals surface area contributed by atoms with Gasteiger partial charge in [0.25, 0.3) is 5.56 Å². The molecule has 5 nitrogen and oxygen atoms in total. The first-order valence-electron chi connectivity index (χ1n) is 11.6. The van der Waals surface area contributed by atoms with Crippen LogP contribution in [-0.2, 0) is 6.42 Å². The minimum atomic E-state index is -0.201. The molecule has 0 fully saturated rings. The van der Waals surface area contributed by atoms with Crippen LogP contribution in [0, 0.1) is 0 Å². The van der Waals surface area contributed by atoms with E-state index in [0.717, 1.165) is 51.5 Å². The molecule has 0 unspecified atom stereocenters.